The summed E-state index contributed by atoms with van der Waals surface area (Å²) in [6.07, 6.45) is 0. The number of hydrogen-bond acceptors (Lipinski definition) is 1. The molecule has 1 N–H and O–H groups in total. The van der Waals surface area contributed by atoms with Gasteiger partial charge in [0, 0.05) is 16.8 Å². The molecule has 1 aliphatic rings. The Morgan fingerprint density at radius 3 is 2.03 bits per heavy atom. The molecule has 0 fully saturated rings. The van der Waals surface area contributed by atoms with Gasteiger partial charge in [-0.2, -0.15) is 0 Å². The van der Waals surface area contributed by atoms with Gasteiger partial charge in [-0.3, -0.25) is 0 Å². The van der Waals surface area contributed by atoms with E-state index in [9.17, 15) is 0 Å². The molecule has 0 saturated carbocycles. The van der Waals surface area contributed by atoms with Crippen LogP contribution in [0.25, 0.3) is 32.7 Å². The summed E-state index contributed by atoms with van der Waals surface area (Å²) in [7, 11) is 0. The van der Waals surface area contributed by atoms with Crippen LogP contribution in [-0.4, -0.2) is 0 Å². The molecule has 0 unspecified atom stereocenters. The van der Waals surface area contributed by atoms with Crippen molar-refractivity contribution < 1.29 is 0 Å². The SMILES string of the molecule is CC1(C)c2cccc3ccc4cc(-c5ccc(Nc6ccccc6)cc5)cc1c4c23. The molecule has 144 valence electrons. The van der Waals surface area contributed by atoms with Crippen LogP contribution in [0.2, 0.25) is 0 Å². The van der Waals surface area contributed by atoms with Crippen molar-refractivity contribution in [2.75, 3.05) is 5.32 Å². The third-order valence-electron chi connectivity index (χ3n) is 6.59. The Bertz CT molecular complexity index is 1410. The van der Waals surface area contributed by atoms with Crippen LogP contribution in [0, 0.1) is 0 Å². The topological polar surface area (TPSA) is 12.0 Å². The first kappa shape index (κ1) is 17.3. The second-order valence-corrected chi connectivity index (χ2v) is 8.78. The molecule has 30 heavy (non-hydrogen) atoms. The summed E-state index contributed by atoms with van der Waals surface area (Å²) in [5, 5.41) is 9.01. The van der Waals surface area contributed by atoms with E-state index in [2.05, 4.69) is 98.0 Å². The van der Waals surface area contributed by atoms with Crippen molar-refractivity contribution in [2.45, 2.75) is 19.3 Å². The van der Waals surface area contributed by atoms with E-state index in [0.29, 0.717) is 0 Å². The van der Waals surface area contributed by atoms with Crippen molar-refractivity contribution in [1.29, 1.82) is 0 Å². The summed E-state index contributed by atoms with van der Waals surface area (Å²) in [6, 6.07) is 35.1. The second kappa shape index (κ2) is 6.21. The van der Waals surface area contributed by atoms with Gasteiger partial charge in [0.2, 0.25) is 0 Å². The largest absolute Gasteiger partial charge is 0.356 e. The van der Waals surface area contributed by atoms with Crippen LogP contribution in [0.5, 0.6) is 0 Å². The van der Waals surface area contributed by atoms with Gasteiger partial charge in [0.1, 0.15) is 0 Å². The Morgan fingerprint density at radius 1 is 0.533 bits per heavy atom. The van der Waals surface area contributed by atoms with Crippen LogP contribution in [0.4, 0.5) is 11.4 Å². The van der Waals surface area contributed by atoms with E-state index in [1.807, 2.05) is 18.2 Å². The van der Waals surface area contributed by atoms with Gasteiger partial charge in [-0.05, 0) is 80.2 Å². The predicted octanol–water partition coefficient (Wildman–Crippen LogP) is 8.04. The lowest BCUT2D eigenvalue weighted by atomic mass is 9.81. The van der Waals surface area contributed by atoms with Crippen LogP contribution in [-0.2, 0) is 5.41 Å². The lowest BCUT2D eigenvalue weighted by Crippen LogP contribution is -2.15. The van der Waals surface area contributed by atoms with Gasteiger partial charge in [-0.15, -0.1) is 0 Å². The molecular weight excluding hydrogens is 362 g/mol. The van der Waals surface area contributed by atoms with E-state index in [0.717, 1.165) is 11.4 Å². The van der Waals surface area contributed by atoms with Crippen molar-refractivity contribution in [1.82, 2.24) is 0 Å². The Hall–Kier alpha value is -3.58. The van der Waals surface area contributed by atoms with Crippen LogP contribution < -0.4 is 5.32 Å². The Labute approximate surface area is 177 Å². The summed E-state index contributed by atoms with van der Waals surface area (Å²) in [5.41, 5.74) is 7.64. The average Bonchev–Trinajstić information content (AvgIpc) is 3.02. The highest BCUT2D eigenvalue weighted by atomic mass is 14.9. The number of anilines is 2. The second-order valence-electron chi connectivity index (χ2n) is 8.78. The van der Waals surface area contributed by atoms with E-state index in [4.69, 9.17) is 0 Å². The zero-order valence-electron chi connectivity index (χ0n) is 17.2. The number of nitrogens with one attached hydrogen (secondary N) is 1. The quantitative estimate of drug-likeness (QED) is 0.310. The van der Waals surface area contributed by atoms with Crippen LogP contribution in [0.3, 0.4) is 0 Å². The van der Waals surface area contributed by atoms with Crippen molar-refractivity contribution in [3.05, 3.63) is 108 Å². The van der Waals surface area contributed by atoms with Crippen LogP contribution in [0.15, 0.2) is 97.1 Å². The first-order valence-corrected chi connectivity index (χ1v) is 10.5. The standard InChI is InChI=1S/C29H23N/c1-29(2)25-10-6-7-20-11-12-21-17-22(18-26(29)28(21)27(20)25)19-13-15-24(16-14-19)30-23-8-4-3-5-9-23/h3-18,30H,1-2H3. The summed E-state index contributed by atoms with van der Waals surface area (Å²) in [5.74, 6) is 0. The van der Waals surface area contributed by atoms with E-state index < -0.39 is 0 Å². The lowest BCUT2D eigenvalue weighted by Gasteiger charge is -2.22. The molecule has 1 heteroatoms. The minimum Gasteiger partial charge on any atom is -0.356 e. The van der Waals surface area contributed by atoms with Gasteiger partial charge >= 0.3 is 0 Å². The Morgan fingerprint density at radius 2 is 1.23 bits per heavy atom. The molecular formula is C29H23N. The van der Waals surface area contributed by atoms with Crippen LogP contribution >= 0.6 is 0 Å². The molecule has 0 spiro atoms. The molecule has 0 radical (unpaired) electrons. The molecule has 0 atom stereocenters. The molecule has 0 amide bonds. The van der Waals surface area contributed by atoms with Gasteiger partial charge < -0.3 is 5.32 Å². The minimum atomic E-state index is 0.0201. The fourth-order valence-corrected chi connectivity index (χ4v) is 5.00. The third kappa shape index (κ3) is 2.48. The van der Waals surface area contributed by atoms with E-state index in [1.165, 1.54) is 43.8 Å². The number of benzene rings is 5. The summed E-state index contributed by atoms with van der Waals surface area (Å²) < 4.78 is 0. The summed E-state index contributed by atoms with van der Waals surface area (Å²) in [4.78, 5) is 0. The predicted molar refractivity (Wildman–Crippen MR) is 129 cm³/mol. The zero-order valence-corrected chi connectivity index (χ0v) is 17.2. The highest BCUT2D eigenvalue weighted by Crippen LogP contribution is 2.49. The lowest BCUT2D eigenvalue weighted by molar-refractivity contribution is 0.663. The highest BCUT2D eigenvalue weighted by Gasteiger charge is 2.34. The fourth-order valence-electron chi connectivity index (χ4n) is 5.00. The van der Waals surface area contributed by atoms with Crippen molar-refractivity contribution in [3.63, 3.8) is 0 Å². The smallest absolute Gasteiger partial charge is 0.0384 e. The van der Waals surface area contributed by atoms with Crippen molar-refractivity contribution in [2.24, 2.45) is 0 Å². The van der Waals surface area contributed by atoms with Gasteiger partial charge in [0.15, 0.2) is 0 Å². The van der Waals surface area contributed by atoms with Gasteiger partial charge in [0.05, 0.1) is 0 Å². The Kier molecular flexibility index (Phi) is 3.58. The van der Waals surface area contributed by atoms with E-state index in [-0.39, 0.29) is 5.41 Å². The molecule has 1 aliphatic carbocycles. The monoisotopic (exact) mass is 385 g/mol. The van der Waals surface area contributed by atoms with Crippen LogP contribution in [0.1, 0.15) is 25.0 Å². The molecule has 6 rings (SSSR count). The van der Waals surface area contributed by atoms with E-state index >= 15 is 0 Å². The number of hydrogen-bond donors (Lipinski definition) is 1. The van der Waals surface area contributed by atoms with Crippen molar-refractivity contribution >= 4 is 32.9 Å². The number of para-hydroxylation sites is 1. The van der Waals surface area contributed by atoms with Gasteiger partial charge in [-0.25, -0.2) is 0 Å². The molecule has 5 aromatic carbocycles. The van der Waals surface area contributed by atoms with Gasteiger partial charge in [-0.1, -0.05) is 74.5 Å². The fraction of sp³-hybridized carbons (Fsp3) is 0.103. The molecule has 0 bridgehead atoms. The molecule has 1 nitrogen and oxygen atoms in total. The summed E-state index contributed by atoms with van der Waals surface area (Å²) in [6.45, 7) is 4.71. The number of rotatable bonds is 3. The maximum absolute atomic E-state index is 3.47. The first-order chi connectivity index (χ1) is 14.6. The third-order valence-corrected chi connectivity index (χ3v) is 6.59. The molecule has 5 aromatic rings. The zero-order chi connectivity index (χ0) is 20.3. The normalized spacial score (nSPS) is 13.9. The van der Waals surface area contributed by atoms with Crippen molar-refractivity contribution in [3.8, 4) is 11.1 Å². The maximum Gasteiger partial charge on any atom is 0.0384 e. The van der Waals surface area contributed by atoms with E-state index in [1.54, 1.807) is 0 Å². The molecule has 0 saturated heterocycles. The molecule has 0 aromatic heterocycles. The average molecular weight is 386 g/mol. The molecule has 0 heterocycles. The minimum absolute atomic E-state index is 0.0201. The Balaban J connectivity index is 1.45. The first-order valence-electron chi connectivity index (χ1n) is 10.5. The highest BCUT2D eigenvalue weighted by molar-refractivity contribution is 6.15. The molecule has 0 aliphatic heterocycles. The maximum atomic E-state index is 3.47. The summed E-state index contributed by atoms with van der Waals surface area (Å²) >= 11 is 0. The van der Waals surface area contributed by atoms with Gasteiger partial charge in [0.25, 0.3) is 0 Å².